The SMILES string of the molecule is CCc1ccc(OCC(=O)NC[C@H](c2ccccc2)c2c[nH]c3ccccc23)cc1. The predicted octanol–water partition coefficient (Wildman–Crippen LogP) is 5.06. The van der Waals surface area contributed by atoms with E-state index < -0.39 is 0 Å². The molecule has 4 heteroatoms. The van der Waals surface area contributed by atoms with Gasteiger partial charge in [-0.2, -0.15) is 0 Å². The molecule has 1 aromatic heterocycles. The Morgan fingerprint density at radius 2 is 1.70 bits per heavy atom. The van der Waals surface area contributed by atoms with Crippen molar-refractivity contribution >= 4 is 16.8 Å². The van der Waals surface area contributed by atoms with Crippen LogP contribution in [0, 0.1) is 0 Å². The van der Waals surface area contributed by atoms with Crippen LogP contribution in [0.2, 0.25) is 0 Å². The molecule has 1 amide bonds. The van der Waals surface area contributed by atoms with Gasteiger partial charge in [0.25, 0.3) is 5.91 Å². The van der Waals surface area contributed by atoms with Crippen molar-refractivity contribution in [2.45, 2.75) is 19.3 Å². The summed E-state index contributed by atoms with van der Waals surface area (Å²) in [6.45, 7) is 2.61. The lowest BCUT2D eigenvalue weighted by Gasteiger charge is -2.18. The van der Waals surface area contributed by atoms with Gasteiger partial charge in [-0.25, -0.2) is 0 Å². The fourth-order valence-electron chi connectivity index (χ4n) is 3.71. The molecule has 30 heavy (non-hydrogen) atoms. The number of benzene rings is 3. The number of ether oxygens (including phenoxy) is 1. The highest BCUT2D eigenvalue weighted by atomic mass is 16.5. The summed E-state index contributed by atoms with van der Waals surface area (Å²) < 4.78 is 5.65. The van der Waals surface area contributed by atoms with Crippen LogP contribution in [-0.4, -0.2) is 24.0 Å². The largest absolute Gasteiger partial charge is 0.484 e. The second-order valence-electron chi connectivity index (χ2n) is 7.34. The Morgan fingerprint density at radius 3 is 2.47 bits per heavy atom. The van der Waals surface area contributed by atoms with Gasteiger partial charge in [-0.05, 0) is 41.3 Å². The van der Waals surface area contributed by atoms with Crippen molar-refractivity contribution in [1.29, 1.82) is 0 Å². The average Bonchev–Trinajstić information content (AvgIpc) is 3.23. The summed E-state index contributed by atoms with van der Waals surface area (Å²) in [7, 11) is 0. The fourth-order valence-corrected chi connectivity index (χ4v) is 3.71. The molecule has 0 unspecified atom stereocenters. The maximum absolute atomic E-state index is 12.5. The van der Waals surface area contributed by atoms with Gasteiger partial charge in [0, 0.05) is 29.6 Å². The molecular formula is C26H26N2O2. The molecule has 1 heterocycles. The van der Waals surface area contributed by atoms with E-state index >= 15 is 0 Å². The third kappa shape index (κ3) is 4.54. The van der Waals surface area contributed by atoms with Gasteiger partial charge in [0.15, 0.2) is 6.61 Å². The van der Waals surface area contributed by atoms with Gasteiger partial charge in [0.05, 0.1) is 0 Å². The quantitative estimate of drug-likeness (QED) is 0.436. The van der Waals surface area contributed by atoms with Crippen molar-refractivity contribution in [3.63, 3.8) is 0 Å². The van der Waals surface area contributed by atoms with Crippen LogP contribution in [0.15, 0.2) is 85.1 Å². The molecule has 0 aliphatic heterocycles. The molecule has 0 aliphatic carbocycles. The number of carbonyl (C=O) groups is 1. The average molecular weight is 399 g/mol. The zero-order chi connectivity index (χ0) is 20.8. The van der Waals surface area contributed by atoms with E-state index in [0.29, 0.717) is 12.3 Å². The van der Waals surface area contributed by atoms with Crippen molar-refractivity contribution in [3.8, 4) is 5.75 Å². The number of rotatable bonds is 8. The van der Waals surface area contributed by atoms with Gasteiger partial charge in [-0.15, -0.1) is 0 Å². The summed E-state index contributed by atoms with van der Waals surface area (Å²) in [6, 6.07) is 26.4. The summed E-state index contributed by atoms with van der Waals surface area (Å²) in [5.41, 5.74) is 4.68. The van der Waals surface area contributed by atoms with Crippen LogP contribution >= 0.6 is 0 Å². The van der Waals surface area contributed by atoms with Crippen molar-refractivity contribution in [2.75, 3.05) is 13.2 Å². The third-order valence-corrected chi connectivity index (χ3v) is 5.40. The minimum Gasteiger partial charge on any atom is -0.484 e. The number of aromatic amines is 1. The third-order valence-electron chi connectivity index (χ3n) is 5.40. The second kappa shape index (κ2) is 9.31. The summed E-state index contributed by atoms with van der Waals surface area (Å²) in [6.07, 6.45) is 3.02. The van der Waals surface area contributed by atoms with Gasteiger partial charge >= 0.3 is 0 Å². The first-order valence-corrected chi connectivity index (χ1v) is 10.3. The Hall–Kier alpha value is -3.53. The Bertz CT molecular complexity index is 1100. The first-order chi connectivity index (χ1) is 14.7. The fraction of sp³-hybridized carbons (Fsp3) is 0.192. The molecule has 2 N–H and O–H groups in total. The molecule has 152 valence electrons. The normalized spacial score (nSPS) is 11.9. The molecule has 4 aromatic rings. The maximum atomic E-state index is 12.5. The summed E-state index contributed by atoms with van der Waals surface area (Å²) in [4.78, 5) is 15.8. The van der Waals surface area contributed by atoms with Gasteiger partial charge in [0.1, 0.15) is 5.75 Å². The molecule has 4 nitrogen and oxygen atoms in total. The van der Waals surface area contributed by atoms with Gasteiger partial charge in [-0.3, -0.25) is 4.79 Å². The molecule has 0 saturated heterocycles. The van der Waals surface area contributed by atoms with Crippen molar-refractivity contribution in [2.24, 2.45) is 0 Å². The minimum absolute atomic E-state index is 0.000859. The number of H-pyrrole nitrogens is 1. The highest BCUT2D eigenvalue weighted by molar-refractivity contribution is 5.84. The molecule has 0 saturated carbocycles. The number of hydrogen-bond donors (Lipinski definition) is 2. The lowest BCUT2D eigenvalue weighted by molar-refractivity contribution is -0.123. The number of hydrogen-bond acceptors (Lipinski definition) is 2. The van der Waals surface area contributed by atoms with E-state index in [9.17, 15) is 4.79 Å². The molecule has 0 bridgehead atoms. The Morgan fingerprint density at radius 1 is 0.967 bits per heavy atom. The molecule has 0 spiro atoms. The summed E-state index contributed by atoms with van der Waals surface area (Å²) in [5.74, 6) is 0.629. The molecular weight excluding hydrogens is 372 g/mol. The van der Waals surface area contributed by atoms with E-state index in [1.807, 2.05) is 60.8 Å². The first kappa shape index (κ1) is 19.8. The number of nitrogens with one attached hydrogen (secondary N) is 2. The standard InChI is InChI=1S/C26H26N2O2/c1-2-19-12-14-21(15-13-19)30-18-26(29)28-16-23(20-8-4-3-5-9-20)24-17-27-25-11-7-6-10-22(24)25/h3-15,17,23,27H,2,16,18H2,1H3,(H,28,29)/t23-/m1/s1. The number of para-hydroxylation sites is 1. The summed E-state index contributed by atoms with van der Waals surface area (Å²) >= 11 is 0. The van der Waals surface area contributed by atoms with Crippen LogP contribution in [-0.2, 0) is 11.2 Å². The van der Waals surface area contributed by atoms with Gasteiger partial charge < -0.3 is 15.0 Å². The van der Waals surface area contributed by atoms with E-state index in [-0.39, 0.29) is 18.4 Å². The maximum Gasteiger partial charge on any atom is 0.257 e. The lowest BCUT2D eigenvalue weighted by Crippen LogP contribution is -2.32. The van der Waals surface area contributed by atoms with Gasteiger partial charge in [-0.1, -0.05) is 67.6 Å². The second-order valence-corrected chi connectivity index (χ2v) is 7.34. The highest BCUT2D eigenvalue weighted by Crippen LogP contribution is 2.30. The van der Waals surface area contributed by atoms with Gasteiger partial charge in [0.2, 0.25) is 0 Å². The summed E-state index contributed by atoms with van der Waals surface area (Å²) in [5, 5.41) is 4.22. The monoisotopic (exact) mass is 398 g/mol. The number of aryl methyl sites for hydroxylation is 1. The number of fused-ring (bicyclic) bond motifs is 1. The van der Waals surface area contributed by atoms with E-state index in [4.69, 9.17) is 4.74 Å². The minimum atomic E-state index is -0.129. The van der Waals surface area contributed by atoms with Crippen LogP contribution in [0.4, 0.5) is 0 Å². The Kier molecular flexibility index (Phi) is 6.14. The molecule has 4 rings (SSSR count). The van der Waals surface area contributed by atoms with E-state index in [1.54, 1.807) is 0 Å². The predicted molar refractivity (Wildman–Crippen MR) is 121 cm³/mol. The highest BCUT2D eigenvalue weighted by Gasteiger charge is 2.19. The lowest BCUT2D eigenvalue weighted by atomic mass is 9.91. The van der Waals surface area contributed by atoms with E-state index in [2.05, 4.69) is 41.5 Å². The molecule has 3 aromatic carbocycles. The number of carbonyl (C=O) groups excluding carboxylic acids is 1. The molecule has 0 radical (unpaired) electrons. The topological polar surface area (TPSA) is 54.1 Å². The zero-order valence-corrected chi connectivity index (χ0v) is 17.1. The van der Waals surface area contributed by atoms with E-state index in [0.717, 1.165) is 11.9 Å². The van der Waals surface area contributed by atoms with Crippen molar-refractivity contribution in [3.05, 3.63) is 102 Å². The zero-order valence-electron chi connectivity index (χ0n) is 17.1. The Labute approximate surface area is 176 Å². The molecule has 0 aliphatic rings. The van der Waals surface area contributed by atoms with Crippen LogP contribution in [0.3, 0.4) is 0 Å². The first-order valence-electron chi connectivity index (χ1n) is 10.3. The van der Waals surface area contributed by atoms with Crippen LogP contribution in [0.25, 0.3) is 10.9 Å². The molecule has 1 atom stereocenters. The van der Waals surface area contributed by atoms with E-state index in [1.165, 1.54) is 22.1 Å². The van der Waals surface area contributed by atoms with Crippen LogP contribution in [0.1, 0.15) is 29.5 Å². The van der Waals surface area contributed by atoms with Crippen molar-refractivity contribution in [1.82, 2.24) is 10.3 Å². The van der Waals surface area contributed by atoms with Crippen LogP contribution in [0.5, 0.6) is 5.75 Å². The molecule has 0 fully saturated rings. The Balaban J connectivity index is 1.45. The number of amides is 1. The smallest absolute Gasteiger partial charge is 0.257 e. The number of aromatic nitrogens is 1. The van der Waals surface area contributed by atoms with Crippen LogP contribution < -0.4 is 10.1 Å². The van der Waals surface area contributed by atoms with Crippen molar-refractivity contribution < 1.29 is 9.53 Å².